The van der Waals surface area contributed by atoms with Gasteiger partial charge in [-0.15, -0.1) is 4.83 Å². The maximum atomic E-state index is 12.4. The Hall–Kier alpha value is -3.11. The number of carbonyl (C=O) groups excluding carboxylic acids is 1. The second-order valence-electron chi connectivity index (χ2n) is 5.53. The van der Waals surface area contributed by atoms with Gasteiger partial charge >= 0.3 is 0 Å². The number of fused-ring (bicyclic) bond motifs is 1. The standard InChI is InChI=1S/C17H18N4O5S/c1-25-15-8-7-12(9-16(15)26-2)27(23,24)20-19-17(22)10-21-11-18-13-5-3-4-6-14(13)21/h3-9,11,20H,10H2,1-2H3,(H,19,22). The van der Waals surface area contributed by atoms with Crippen LogP contribution in [0.3, 0.4) is 0 Å². The molecule has 1 aromatic heterocycles. The van der Waals surface area contributed by atoms with Crippen molar-refractivity contribution in [3.05, 3.63) is 48.8 Å². The van der Waals surface area contributed by atoms with Crippen LogP contribution in [-0.4, -0.2) is 38.1 Å². The first-order valence-electron chi connectivity index (χ1n) is 7.87. The van der Waals surface area contributed by atoms with E-state index >= 15 is 0 Å². The summed E-state index contributed by atoms with van der Waals surface area (Å²) in [7, 11) is -1.13. The van der Waals surface area contributed by atoms with Gasteiger partial charge in [-0.3, -0.25) is 10.2 Å². The molecule has 0 aliphatic heterocycles. The largest absolute Gasteiger partial charge is 0.493 e. The molecule has 1 heterocycles. The Morgan fingerprint density at radius 1 is 1.11 bits per heavy atom. The van der Waals surface area contributed by atoms with Crippen molar-refractivity contribution in [2.24, 2.45) is 0 Å². The average Bonchev–Trinajstić information content (AvgIpc) is 3.09. The van der Waals surface area contributed by atoms with Gasteiger partial charge < -0.3 is 14.0 Å². The normalized spacial score (nSPS) is 11.3. The summed E-state index contributed by atoms with van der Waals surface area (Å²) in [6, 6.07) is 11.4. The molecule has 0 aliphatic carbocycles. The van der Waals surface area contributed by atoms with Crippen LogP contribution in [0.4, 0.5) is 0 Å². The molecule has 0 atom stereocenters. The molecule has 0 fully saturated rings. The van der Waals surface area contributed by atoms with Gasteiger partial charge in [0.15, 0.2) is 11.5 Å². The summed E-state index contributed by atoms with van der Waals surface area (Å²) in [5, 5.41) is 0. The molecule has 3 rings (SSSR count). The fraction of sp³-hybridized carbons (Fsp3) is 0.176. The van der Waals surface area contributed by atoms with Crippen molar-refractivity contribution in [1.29, 1.82) is 0 Å². The van der Waals surface area contributed by atoms with Crippen LogP contribution in [0.15, 0.2) is 53.7 Å². The molecule has 0 unspecified atom stereocenters. The van der Waals surface area contributed by atoms with Crippen LogP contribution in [0.1, 0.15) is 0 Å². The van der Waals surface area contributed by atoms with E-state index in [1.807, 2.05) is 24.3 Å². The number of para-hydroxylation sites is 2. The lowest BCUT2D eigenvalue weighted by atomic mass is 10.3. The van der Waals surface area contributed by atoms with Gasteiger partial charge in [0.25, 0.3) is 15.9 Å². The lowest BCUT2D eigenvalue weighted by Crippen LogP contribution is -2.43. The SMILES string of the molecule is COc1ccc(S(=O)(=O)NNC(=O)Cn2cnc3ccccc32)cc1OC. The van der Waals surface area contributed by atoms with Crippen molar-refractivity contribution in [2.75, 3.05) is 14.2 Å². The second kappa shape index (κ2) is 7.64. The van der Waals surface area contributed by atoms with Crippen LogP contribution < -0.4 is 19.7 Å². The van der Waals surface area contributed by atoms with Crippen LogP contribution in [0.2, 0.25) is 0 Å². The summed E-state index contributed by atoms with van der Waals surface area (Å²) in [5.74, 6) is 0.117. The molecule has 27 heavy (non-hydrogen) atoms. The van der Waals surface area contributed by atoms with E-state index in [2.05, 4.69) is 15.2 Å². The number of nitrogens with one attached hydrogen (secondary N) is 2. The zero-order valence-corrected chi connectivity index (χ0v) is 15.5. The van der Waals surface area contributed by atoms with Gasteiger partial charge in [0.1, 0.15) is 6.54 Å². The summed E-state index contributed by atoms with van der Waals surface area (Å²) in [4.78, 5) is 18.3. The molecule has 0 saturated heterocycles. The topological polar surface area (TPSA) is 112 Å². The Bertz CT molecular complexity index is 1080. The van der Waals surface area contributed by atoms with Crippen molar-refractivity contribution in [3.63, 3.8) is 0 Å². The molecular weight excluding hydrogens is 372 g/mol. The molecule has 3 aromatic rings. The smallest absolute Gasteiger partial charge is 0.257 e. The number of carbonyl (C=O) groups is 1. The molecule has 1 amide bonds. The third-order valence-corrected chi connectivity index (χ3v) is 5.08. The molecule has 2 aromatic carbocycles. The predicted molar refractivity (Wildman–Crippen MR) is 97.7 cm³/mol. The lowest BCUT2D eigenvalue weighted by Gasteiger charge is -2.12. The Morgan fingerprint density at radius 2 is 1.85 bits per heavy atom. The van der Waals surface area contributed by atoms with Gasteiger partial charge in [-0.1, -0.05) is 12.1 Å². The monoisotopic (exact) mass is 390 g/mol. The van der Waals surface area contributed by atoms with Gasteiger partial charge in [0, 0.05) is 6.07 Å². The molecule has 0 saturated carbocycles. The number of nitrogens with zero attached hydrogens (tertiary/aromatic N) is 2. The highest BCUT2D eigenvalue weighted by Gasteiger charge is 2.18. The Balaban J connectivity index is 1.69. The van der Waals surface area contributed by atoms with Crippen LogP contribution >= 0.6 is 0 Å². The average molecular weight is 390 g/mol. The number of imidazole rings is 1. The minimum Gasteiger partial charge on any atom is -0.493 e. The van der Waals surface area contributed by atoms with Gasteiger partial charge in [-0.25, -0.2) is 13.4 Å². The quantitative estimate of drug-likeness (QED) is 0.584. The first kappa shape index (κ1) is 18.7. The second-order valence-corrected chi connectivity index (χ2v) is 7.21. The minimum atomic E-state index is -3.98. The molecule has 0 bridgehead atoms. The zero-order valence-electron chi connectivity index (χ0n) is 14.7. The van der Waals surface area contributed by atoms with Crippen LogP contribution in [0, 0.1) is 0 Å². The van der Waals surface area contributed by atoms with Crippen LogP contribution in [0.5, 0.6) is 11.5 Å². The number of sulfonamides is 1. The molecule has 10 heteroatoms. The fourth-order valence-corrected chi connectivity index (χ4v) is 3.37. The van der Waals surface area contributed by atoms with Crippen molar-refractivity contribution in [3.8, 4) is 11.5 Å². The van der Waals surface area contributed by atoms with E-state index in [0.717, 1.165) is 11.0 Å². The number of methoxy groups -OCH3 is 2. The first-order chi connectivity index (χ1) is 12.9. The molecule has 9 nitrogen and oxygen atoms in total. The Labute approximate surface area is 155 Å². The van der Waals surface area contributed by atoms with E-state index < -0.39 is 15.9 Å². The van der Waals surface area contributed by atoms with Gasteiger partial charge in [0.05, 0.1) is 36.5 Å². The van der Waals surface area contributed by atoms with E-state index in [1.165, 1.54) is 38.7 Å². The van der Waals surface area contributed by atoms with Crippen molar-refractivity contribution in [1.82, 2.24) is 19.8 Å². The minimum absolute atomic E-state index is 0.0754. The van der Waals surface area contributed by atoms with Gasteiger partial charge in [-0.2, -0.15) is 0 Å². The molecule has 2 N–H and O–H groups in total. The van der Waals surface area contributed by atoms with Gasteiger partial charge in [0.2, 0.25) is 0 Å². The molecule has 142 valence electrons. The molecule has 0 spiro atoms. The number of amides is 1. The lowest BCUT2D eigenvalue weighted by molar-refractivity contribution is -0.122. The molecular formula is C17H18N4O5S. The number of hydrazine groups is 1. The number of rotatable bonds is 7. The summed E-state index contributed by atoms with van der Waals surface area (Å²) in [6.45, 7) is -0.0883. The number of benzene rings is 2. The van der Waals surface area contributed by atoms with Crippen molar-refractivity contribution < 1.29 is 22.7 Å². The summed E-state index contributed by atoms with van der Waals surface area (Å²) in [5.41, 5.74) is 3.71. The predicted octanol–water partition coefficient (Wildman–Crippen LogP) is 1.06. The Kier molecular flexibility index (Phi) is 5.28. The third-order valence-electron chi connectivity index (χ3n) is 3.83. The molecule has 0 radical (unpaired) electrons. The highest BCUT2D eigenvalue weighted by atomic mass is 32.2. The first-order valence-corrected chi connectivity index (χ1v) is 9.35. The molecule has 0 aliphatic rings. The van der Waals surface area contributed by atoms with E-state index in [9.17, 15) is 13.2 Å². The Morgan fingerprint density at radius 3 is 2.59 bits per heavy atom. The van der Waals surface area contributed by atoms with E-state index in [-0.39, 0.29) is 17.2 Å². The maximum Gasteiger partial charge on any atom is 0.257 e. The number of ether oxygens (including phenoxy) is 2. The van der Waals surface area contributed by atoms with Gasteiger partial charge in [-0.05, 0) is 24.3 Å². The summed E-state index contributed by atoms with van der Waals surface area (Å²) < 4.78 is 36.5. The summed E-state index contributed by atoms with van der Waals surface area (Å²) >= 11 is 0. The third kappa shape index (κ3) is 4.01. The number of hydrogen-bond acceptors (Lipinski definition) is 6. The summed E-state index contributed by atoms with van der Waals surface area (Å²) in [6.07, 6.45) is 1.52. The van der Waals surface area contributed by atoms with Crippen molar-refractivity contribution in [2.45, 2.75) is 11.4 Å². The fourth-order valence-electron chi connectivity index (χ4n) is 2.50. The van der Waals surface area contributed by atoms with E-state index in [4.69, 9.17) is 9.47 Å². The number of aromatic nitrogens is 2. The number of hydrogen-bond donors (Lipinski definition) is 2. The van der Waals surface area contributed by atoms with Crippen LogP contribution in [0.25, 0.3) is 11.0 Å². The van der Waals surface area contributed by atoms with Crippen LogP contribution in [-0.2, 0) is 21.4 Å². The highest BCUT2D eigenvalue weighted by molar-refractivity contribution is 7.89. The van der Waals surface area contributed by atoms with Crippen molar-refractivity contribution >= 4 is 27.0 Å². The zero-order chi connectivity index (χ0) is 19.4. The van der Waals surface area contributed by atoms with E-state index in [0.29, 0.717) is 5.75 Å². The highest BCUT2D eigenvalue weighted by Crippen LogP contribution is 2.29. The maximum absolute atomic E-state index is 12.4. The van der Waals surface area contributed by atoms with E-state index in [1.54, 1.807) is 4.57 Å².